The van der Waals surface area contributed by atoms with Gasteiger partial charge < -0.3 is 4.90 Å². The van der Waals surface area contributed by atoms with Gasteiger partial charge in [-0.2, -0.15) is 0 Å². The minimum absolute atomic E-state index is 0.0582. The van der Waals surface area contributed by atoms with E-state index >= 15 is 0 Å². The molecule has 0 amide bonds. The molecule has 2 aliphatic heterocycles. The number of aryl methyl sites for hydroxylation is 4. The first-order valence-electron chi connectivity index (χ1n) is 29.1. The van der Waals surface area contributed by atoms with Crippen molar-refractivity contribution in [3.63, 3.8) is 0 Å². The van der Waals surface area contributed by atoms with Gasteiger partial charge in [0.15, 0.2) is 0 Å². The van der Waals surface area contributed by atoms with E-state index in [-0.39, 0.29) is 50.5 Å². The van der Waals surface area contributed by atoms with Crippen LogP contribution >= 0.6 is 0 Å². The predicted octanol–water partition coefficient (Wildman–Crippen LogP) is 17.4. The summed E-state index contributed by atoms with van der Waals surface area (Å²) < 4.78 is 0. The Morgan fingerprint density at radius 1 is 0.514 bits per heavy atom. The lowest BCUT2D eigenvalue weighted by Crippen LogP contribution is -2.62. The summed E-state index contributed by atoms with van der Waals surface area (Å²) in [6.07, 6.45) is 10.8. The van der Waals surface area contributed by atoms with E-state index in [4.69, 9.17) is 0 Å². The molecule has 6 aromatic rings. The Hall–Kier alpha value is -4.82. The average Bonchev–Trinajstić information content (AvgIpc) is 3.51. The first-order valence-corrected chi connectivity index (χ1v) is 29.1. The van der Waals surface area contributed by atoms with Crippen LogP contribution in [0.5, 0.6) is 0 Å². The average molecular weight is 980 g/mol. The van der Waals surface area contributed by atoms with Gasteiger partial charge in [0.2, 0.25) is 6.71 Å². The van der Waals surface area contributed by atoms with Crippen LogP contribution in [0.1, 0.15) is 239 Å². The lowest BCUT2D eigenvalue weighted by Gasteiger charge is -2.49. The Labute approximate surface area is 449 Å². The molecule has 1 saturated carbocycles. The van der Waals surface area contributed by atoms with E-state index in [1.54, 1.807) is 38.8 Å². The Kier molecular flexibility index (Phi) is 11.8. The van der Waals surface area contributed by atoms with Crippen molar-refractivity contribution in [2.75, 3.05) is 4.90 Å². The molecule has 386 valence electrons. The topological polar surface area (TPSA) is 3.24 Å². The third-order valence-corrected chi connectivity index (χ3v) is 20.8. The number of fused-ring (bicyclic) bond motifs is 8. The molecule has 1 nitrogen and oxygen atoms in total. The number of nitrogens with zero attached hydrogens (tertiary/aromatic N) is 1. The van der Waals surface area contributed by atoms with E-state index < -0.39 is 0 Å². The lowest BCUT2D eigenvalue weighted by molar-refractivity contribution is 0.0794. The largest absolute Gasteiger partial charge is 0.311 e. The molecule has 0 radical (unpaired) electrons. The zero-order chi connectivity index (χ0) is 53.0. The summed E-state index contributed by atoms with van der Waals surface area (Å²) >= 11 is 0. The molecule has 2 heterocycles. The monoisotopic (exact) mass is 980 g/mol. The summed E-state index contributed by atoms with van der Waals surface area (Å²) in [6.45, 7) is 43.9. The van der Waals surface area contributed by atoms with Crippen LogP contribution in [-0.2, 0) is 45.3 Å². The third kappa shape index (κ3) is 8.05. The van der Waals surface area contributed by atoms with Crippen molar-refractivity contribution in [1.82, 2.24) is 0 Å². The van der Waals surface area contributed by atoms with E-state index in [0.717, 1.165) is 19.3 Å². The van der Waals surface area contributed by atoms with Crippen molar-refractivity contribution < 1.29 is 0 Å². The minimum Gasteiger partial charge on any atom is -0.311 e. The molecule has 0 spiro atoms. The normalized spacial score (nSPS) is 23.4. The maximum Gasteiger partial charge on any atom is 0.247 e. The van der Waals surface area contributed by atoms with E-state index in [1.165, 1.54) is 111 Å². The lowest BCUT2D eigenvalue weighted by atomic mass is 9.30. The zero-order valence-electron chi connectivity index (χ0n) is 49.3. The van der Waals surface area contributed by atoms with Gasteiger partial charge in [-0.1, -0.05) is 201 Å². The van der Waals surface area contributed by atoms with Crippen LogP contribution in [0.2, 0.25) is 0 Å². The summed E-state index contributed by atoms with van der Waals surface area (Å²) in [4.78, 5) is 2.75. The second-order valence-electron chi connectivity index (χ2n) is 29.7. The fraction of sp³-hybridized carbons (Fsp3) is 0.500. The Morgan fingerprint density at radius 2 is 1.12 bits per heavy atom. The van der Waals surface area contributed by atoms with E-state index in [9.17, 15) is 0 Å². The van der Waals surface area contributed by atoms with E-state index in [2.05, 4.69) is 227 Å². The number of hydrogen-bond donors (Lipinski definition) is 0. The summed E-state index contributed by atoms with van der Waals surface area (Å²) in [5.74, 6) is 0.740. The van der Waals surface area contributed by atoms with Gasteiger partial charge in [0.25, 0.3) is 0 Å². The van der Waals surface area contributed by atoms with Crippen LogP contribution in [0.4, 0.5) is 17.1 Å². The Morgan fingerprint density at radius 3 is 1.77 bits per heavy atom. The van der Waals surface area contributed by atoms with Crippen molar-refractivity contribution >= 4 is 40.2 Å². The highest BCUT2D eigenvalue weighted by atomic mass is 15.2. The molecule has 1 fully saturated rings. The van der Waals surface area contributed by atoms with Crippen LogP contribution < -0.4 is 21.3 Å². The molecule has 4 atom stereocenters. The standard InChI is InChI=1S/C72H90BN/c1-44-35-55-52(27-23-48-22-24-49(37-45(48)2)66(4,5)6)54-42-58-59(70(15,16)34-33-69(58,13)14)43-61(54)73-60-29-21-47(40-63(60)74(64(36-44)65(55)73)62-30-26-50(38-46(62)3)67(7,8)9)39-56-53-28-25-51(68(10,11)12)41-57(53)72(18)32-20-19-31-71(56,72)17/h21-22,24-26,28-30,35-38,40-43,52,56H,19-20,23,27,31-34,39H2,1-18H3. The molecule has 3 aliphatic carbocycles. The highest BCUT2D eigenvalue weighted by Gasteiger charge is 2.58. The Bertz CT molecular complexity index is 3250. The van der Waals surface area contributed by atoms with Crippen molar-refractivity contribution in [2.24, 2.45) is 5.41 Å². The molecular formula is C72H90BN. The third-order valence-electron chi connectivity index (χ3n) is 20.8. The predicted molar refractivity (Wildman–Crippen MR) is 321 cm³/mol. The quantitative estimate of drug-likeness (QED) is 0.150. The molecule has 0 aromatic heterocycles. The van der Waals surface area contributed by atoms with Crippen molar-refractivity contribution in [1.29, 1.82) is 0 Å². The van der Waals surface area contributed by atoms with Gasteiger partial charge in [-0.15, -0.1) is 0 Å². The molecule has 74 heavy (non-hydrogen) atoms. The van der Waals surface area contributed by atoms with Crippen LogP contribution in [0.25, 0.3) is 0 Å². The molecule has 5 aliphatic rings. The van der Waals surface area contributed by atoms with Crippen molar-refractivity contribution in [2.45, 2.75) is 227 Å². The first kappa shape index (κ1) is 51.3. The van der Waals surface area contributed by atoms with Gasteiger partial charge in [-0.25, -0.2) is 0 Å². The molecule has 2 heteroatoms. The number of benzene rings is 6. The van der Waals surface area contributed by atoms with Crippen molar-refractivity contribution in [3.05, 3.63) is 175 Å². The van der Waals surface area contributed by atoms with E-state index in [0.29, 0.717) is 5.92 Å². The number of anilines is 3. The smallest absolute Gasteiger partial charge is 0.247 e. The summed E-state index contributed by atoms with van der Waals surface area (Å²) in [5, 5.41) is 0. The summed E-state index contributed by atoms with van der Waals surface area (Å²) in [6, 6.07) is 41.0. The zero-order valence-corrected chi connectivity index (χ0v) is 49.3. The van der Waals surface area contributed by atoms with Gasteiger partial charge in [0, 0.05) is 23.0 Å². The van der Waals surface area contributed by atoms with Crippen LogP contribution in [0.3, 0.4) is 0 Å². The number of rotatable bonds is 6. The van der Waals surface area contributed by atoms with Gasteiger partial charge >= 0.3 is 0 Å². The maximum atomic E-state index is 2.77. The van der Waals surface area contributed by atoms with Gasteiger partial charge in [-0.3, -0.25) is 0 Å². The van der Waals surface area contributed by atoms with Crippen LogP contribution in [-0.4, -0.2) is 6.71 Å². The first-order chi connectivity index (χ1) is 34.5. The summed E-state index contributed by atoms with van der Waals surface area (Å²) in [5.41, 5.74) is 30.4. The summed E-state index contributed by atoms with van der Waals surface area (Å²) in [7, 11) is 0. The SMILES string of the molecule is Cc1cc2c3c(c1)N(c1ccc(C(C)(C)C)cc1C)c1cc(CC4c5ccc(C(C)(C)C)cc5C5(C)CCCCC45C)ccc1B3c1cc3c(cc1C2CCc1ccc(C(C)(C)C)cc1C)C(C)(C)CCC3(C)C. The molecule has 4 unspecified atom stereocenters. The molecule has 0 N–H and O–H groups in total. The van der Waals surface area contributed by atoms with Crippen LogP contribution in [0, 0.1) is 26.2 Å². The second kappa shape index (κ2) is 17.1. The fourth-order valence-corrected chi connectivity index (χ4v) is 15.7. The van der Waals surface area contributed by atoms with E-state index in [1.807, 2.05) is 0 Å². The van der Waals surface area contributed by atoms with Gasteiger partial charge in [0.05, 0.1) is 0 Å². The maximum absolute atomic E-state index is 2.77. The molecule has 0 bridgehead atoms. The molecular weight excluding hydrogens is 890 g/mol. The van der Waals surface area contributed by atoms with Crippen LogP contribution in [0.15, 0.2) is 97.1 Å². The fourth-order valence-electron chi connectivity index (χ4n) is 15.7. The minimum atomic E-state index is 0.0582. The Balaban J connectivity index is 1.13. The second-order valence-corrected chi connectivity index (χ2v) is 29.7. The van der Waals surface area contributed by atoms with Gasteiger partial charge in [-0.05, 0) is 217 Å². The highest BCUT2D eigenvalue weighted by molar-refractivity contribution is 6.99. The highest BCUT2D eigenvalue weighted by Crippen LogP contribution is 2.66. The van der Waals surface area contributed by atoms with Gasteiger partial charge in [0.1, 0.15) is 0 Å². The van der Waals surface area contributed by atoms with Crippen molar-refractivity contribution in [3.8, 4) is 0 Å². The number of hydrogen-bond acceptors (Lipinski definition) is 1. The molecule has 0 saturated heterocycles. The molecule has 11 rings (SSSR count). The molecule has 6 aromatic carbocycles.